The monoisotopic (exact) mass is 287 g/mol. The molecule has 2 nitrogen and oxygen atoms in total. The molecule has 1 atom stereocenters. The van der Waals surface area contributed by atoms with E-state index in [9.17, 15) is 13.6 Å². The number of nitrogens with one attached hydrogen (secondary N) is 1. The Kier molecular flexibility index (Phi) is 3.69. The Morgan fingerprint density at radius 2 is 1.81 bits per heavy atom. The largest absolute Gasteiger partial charge is 0.385 e. The smallest absolute Gasteiger partial charge is 0.145 e. The van der Waals surface area contributed by atoms with Gasteiger partial charge in [0, 0.05) is 30.1 Å². The number of hydrogen-bond donors (Lipinski definition) is 1. The summed E-state index contributed by atoms with van der Waals surface area (Å²) in [7, 11) is 0. The van der Waals surface area contributed by atoms with Crippen LogP contribution in [0.25, 0.3) is 0 Å². The lowest BCUT2D eigenvalue weighted by molar-refractivity contribution is -0.120. The Morgan fingerprint density at radius 3 is 2.57 bits per heavy atom. The Morgan fingerprint density at radius 1 is 1.10 bits per heavy atom. The molecule has 0 amide bonds. The van der Waals surface area contributed by atoms with Crippen molar-refractivity contribution in [1.29, 1.82) is 0 Å². The molecule has 21 heavy (non-hydrogen) atoms. The van der Waals surface area contributed by atoms with Crippen LogP contribution in [-0.2, 0) is 11.2 Å². The summed E-state index contributed by atoms with van der Waals surface area (Å²) in [6.45, 7) is 0.688. The summed E-state index contributed by atoms with van der Waals surface area (Å²) in [5.41, 5.74) is 1.69. The van der Waals surface area contributed by atoms with Crippen molar-refractivity contribution in [3.05, 3.63) is 65.2 Å². The normalized spacial score (nSPS) is 17.0. The number of ketones is 1. The molecule has 1 N–H and O–H groups in total. The van der Waals surface area contributed by atoms with Crippen LogP contribution in [-0.4, -0.2) is 12.3 Å². The first kappa shape index (κ1) is 13.7. The molecular weight excluding hydrogens is 272 g/mol. The van der Waals surface area contributed by atoms with Crippen molar-refractivity contribution >= 4 is 11.5 Å². The van der Waals surface area contributed by atoms with Gasteiger partial charge in [0.2, 0.25) is 0 Å². The van der Waals surface area contributed by atoms with Crippen molar-refractivity contribution in [3.63, 3.8) is 0 Å². The van der Waals surface area contributed by atoms with E-state index < -0.39 is 11.6 Å². The Balaban J connectivity index is 1.87. The van der Waals surface area contributed by atoms with Crippen LogP contribution in [0, 0.1) is 11.6 Å². The summed E-state index contributed by atoms with van der Waals surface area (Å²) in [6.07, 6.45) is 0.434. The zero-order valence-electron chi connectivity index (χ0n) is 11.4. The van der Waals surface area contributed by atoms with Crippen molar-refractivity contribution in [2.45, 2.75) is 18.8 Å². The quantitative estimate of drug-likeness (QED) is 0.933. The summed E-state index contributed by atoms with van der Waals surface area (Å²) in [5, 5.41) is 3.23. The van der Waals surface area contributed by atoms with E-state index in [0.717, 1.165) is 11.3 Å². The molecule has 0 saturated heterocycles. The number of carbonyl (C=O) groups is 1. The van der Waals surface area contributed by atoms with Gasteiger partial charge in [0.25, 0.3) is 0 Å². The van der Waals surface area contributed by atoms with Gasteiger partial charge in [0.1, 0.15) is 17.4 Å². The average Bonchev–Trinajstić information content (AvgIpc) is 2.50. The fraction of sp³-hybridized carbons (Fsp3) is 0.235. The van der Waals surface area contributed by atoms with E-state index in [0.29, 0.717) is 13.0 Å². The molecule has 0 spiro atoms. The Hall–Kier alpha value is -2.23. The van der Waals surface area contributed by atoms with Crippen LogP contribution in [0.2, 0.25) is 0 Å². The van der Waals surface area contributed by atoms with Crippen LogP contribution in [0.3, 0.4) is 0 Å². The van der Waals surface area contributed by atoms with Crippen LogP contribution < -0.4 is 5.32 Å². The van der Waals surface area contributed by atoms with Crippen molar-refractivity contribution < 1.29 is 13.6 Å². The lowest BCUT2D eigenvalue weighted by atomic mass is 9.85. The first-order valence-electron chi connectivity index (χ1n) is 6.95. The number of hydrogen-bond acceptors (Lipinski definition) is 2. The highest BCUT2D eigenvalue weighted by Gasteiger charge is 2.27. The van der Waals surface area contributed by atoms with E-state index in [1.807, 2.05) is 24.3 Å². The first-order valence-corrected chi connectivity index (χ1v) is 6.95. The van der Waals surface area contributed by atoms with Crippen LogP contribution in [0.1, 0.15) is 23.5 Å². The third-order valence-corrected chi connectivity index (χ3v) is 3.89. The zero-order valence-corrected chi connectivity index (χ0v) is 11.4. The molecular formula is C17H15F2NO. The Bertz CT molecular complexity index is 664. The number of benzene rings is 2. The minimum absolute atomic E-state index is 0.140. The van der Waals surface area contributed by atoms with Crippen molar-refractivity contribution in [2.24, 2.45) is 0 Å². The number of carbonyl (C=O) groups excluding carboxylic acids is 1. The maximum atomic E-state index is 13.7. The van der Waals surface area contributed by atoms with E-state index in [4.69, 9.17) is 0 Å². The molecule has 3 rings (SSSR count). The molecule has 2 aromatic rings. The average molecular weight is 287 g/mol. The van der Waals surface area contributed by atoms with Gasteiger partial charge in [-0.2, -0.15) is 0 Å². The fourth-order valence-electron chi connectivity index (χ4n) is 2.80. The molecule has 0 bridgehead atoms. The first-order chi connectivity index (χ1) is 10.2. The molecule has 0 aliphatic carbocycles. The molecule has 0 fully saturated rings. The lowest BCUT2D eigenvalue weighted by Crippen LogP contribution is -2.24. The molecule has 0 radical (unpaired) electrons. The van der Waals surface area contributed by atoms with Crippen LogP contribution in [0.4, 0.5) is 14.5 Å². The SMILES string of the molecule is O=C(Cc1c(F)cccc1F)C1CCNc2ccccc21. The van der Waals surface area contributed by atoms with E-state index >= 15 is 0 Å². The second-order valence-electron chi connectivity index (χ2n) is 5.20. The zero-order chi connectivity index (χ0) is 14.8. The number of rotatable bonds is 3. The summed E-state index contributed by atoms with van der Waals surface area (Å²) in [5.74, 6) is -1.77. The molecule has 2 aromatic carbocycles. The molecule has 0 aromatic heterocycles. The standard InChI is InChI=1S/C17H15F2NO/c18-14-5-3-6-15(19)13(14)10-17(21)12-8-9-20-16-7-2-1-4-11(12)16/h1-7,12,20H,8-10H2. The molecule has 108 valence electrons. The van der Waals surface area contributed by atoms with Crippen molar-refractivity contribution in [3.8, 4) is 0 Å². The van der Waals surface area contributed by atoms with E-state index in [1.54, 1.807) is 0 Å². The summed E-state index contributed by atoms with van der Waals surface area (Å²) in [4.78, 5) is 12.5. The predicted molar refractivity (Wildman–Crippen MR) is 77.4 cm³/mol. The van der Waals surface area contributed by atoms with Crippen molar-refractivity contribution in [2.75, 3.05) is 11.9 Å². The number of para-hydroxylation sites is 1. The molecule has 0 saturated carbocycles. The predicted octanol–water partition coefficient (Wildman–Crippen LogP) is 3.68. The topological polar surface area (TPSA) is 29.1 Å². The highest BCUT2D eigenvalue weighted by Crippen LogP contribution is 2.33. The molecule has 4 heteroatoms. The third-order valence-electron chi connectivity index (χ3n) is 3.89. The maximum Gasteiger partial charge on any atom is 0.145 e. The molecule has 1 aliphatic rings. The number of Topliss-reactive ketones (excluding diaryl/α,β-unsaturated/α-hetero) is 1. The minimum Gasteiger partial charge on any atom is -0.385 e. The number of fused-ring (bicyclic) bond motifs is 1. The third kappa shape index (κ3) is 2.66. The Labute approximate surface area is 121 Å². The summed E-state index contributed by atoms with van der Waals surface area (Å²) >= 11 is 0. The fourth-order valence-corrected chi connectivity index (χ4v) is 2.80. The van der Waals surface area contributed by atoms with Gasteiger partial charge >= 0.3 is 0 Å². The highest BCUT2D eigenvalue weighted by molar-refractivity contribution is 5.89. The molecule has 1 heterocycles. The van der Waals surface area contributed by atoms with Gasteiger partial charge in [-0.3, -0.25) is 4.79 Å². The van der Waals surface area contributed by atoms with E-state index in [-0.39, 0.29) is 23.7 Å². The number of anilines is 1. The van der Waals surface area contributed by atoms with Gasteiger partial charge in [-0.25, -0.2) is 8.78 Å². The van der Waals surface area contributed by atoms with Gasteiger partial charge in [-0.1, -0.05) is 24.3 Å². The second-order valence-corrected chi connectivity index (χ2v) is 5.20. The van der Waals surface area contributed by atoms with Crippen molar-refractivity contribution in [1.82, 2.24) is 0 Å². The van der Waals surface area contributed by atoms with Crippen LogP contribution >= 0.6 is 0 Å². The van der Waals surface area contributed by atoms with Gasteiger partial charge in [0.15, 0.2) is 0 Å². The van der Waals surface area contributed by atoms with Gasteiger partial charge < -0.3 is 5.32 Å². The molecule has 1 unspecified atom stereocenters. The second kappa shape index (κ2) is 5.64. The van der Waals surface area contributed by atoms with E-state index in [2.05, 4.69) is 5.32 Å². The van der Waals surface area contributed by atoms with Crippen LogP contribution in [0.15, 0.2) is 42.5 Å². The van der Waals surface area contributed by atoms with E-state index in [1.165, 1.54) is 18.2 Å². The minimum atomic E-state index is -0.662. The van der Waals surface area contributed by atoms with Crippen LogP contribution in [0.5, 0.6) is 0 Å². The summed E-state index contributed by atoms with van der Waals surface area (Å²) < 4.78 is 27.3. The highest BCUT2D eigenvalue weighted by atomic mass is 19.1. The lowest BCUT2D eigenvalue weighted by Gasteiger charge is -2.25. The van der Waals surface area contributed by atoms with Gasteiger partial charge in [-0.05, 0) is 30.2 Å². The maximum absolute atomic E-state index is 13.7. The van der Waals surface area contributed by atoms with Gasteiger partial charge in [0.05, 0.1) is 0 Å². The molecule has 1 aliphatic heterocycles. The summed E-state index contributed by atoms with van der Waals surface area (Å²) in [6, 6.07) is 11.2. The number of halogens is 2. The van der Waals surface area contributed by atoms with Gasteiger partial charge in [-0.15, -0.1) is 0 Å².